The molecule has 0 saturated carbocycles. The third kappa shape index (κ3) is 7.35. The Labute approximate surface area is 197 Å². The van der Waals surface area contributed by atoms with Crippen molar-refractivity contribution < 1.29 is 30.4 Å². The maximum absolute atomic E-state index is 13.4. The summed E-state index contributed by atoms with van der Waals surface area (Å²) in [5.74, 6) is 0. The van der Waals surface area contributed by atoms with Crippen LogP contribution < -0.4 is 4.31 Å². The molecule has 0 heterocycles. The van der Waals surface area contributed by atoms with E-state index in [1.54, 1.807) is 24.3 Å². The number of rotatable bonds is 13. The molecular formula is C24H32NO6S2+. The molecule has 0 saturated heterocycles. The number of nitrogens with one attached hydrogen (secondary N) is 1. The molecule has 0 aliphatic rings. The van der Waals surface area contributed by atoms with E-state index in [2.05, 4.69) is 13.2 Å². The Balaban J connectivity index is 2.30. The summed E-state index contributed by atoms with van der Waals surface area (Å²) in [6.07, 6.45) is 3.32. The molecule has 2 rings (SSSR count). The van der Waals surface area contributed by atoms with Crippen molar-refractivity contribution in [3.8, 4) is 0 Å². The van der Waals surface area contributed by atoms with Crippen molar-refractivity contribution in [3.05, 3.63) is 85.0 Å². The van der Waals surface area contributed by atoms with E-state index in [-0.39, 0.29) is 46.6 Å². The van der Waals surface area contributed by atoms with Crippen LogP contribution >= 0.6 is 0 Å². The molecule has 2 N–H and O–H groups in total. The van der Waals surface area contributed by atoms with Gasteiger partial charge >= 0.3 is 10.0 Å². The highest BCUT2D eigenvalue weighted by Gasteiger charge is 2.37. The maximum Gasteiger partial charge on any atom is 0.325 e. The van der Waals surface area contributed by atoms with Crippen molar-refractivity contribution in [2.45, 2.75) is 42.1 Å². The summed E-state index contributed by atoms with van der Waals surface area (Å²) < 4.78 is 56.9. The van der Waals surface area contributed by atoms with Crippen molar-refractivity contribution in [2.24, 2.45) is 0 Å². The fraction of sp³-hybridized carbons (Fsp3) is 0.333. The Morgan fingerprint density at radius 3 is 1.79 bits per heavy atom. The van der Waals surface area contributed by atoms with Gasteiger partial charge in [-0.2, -0.15) is 16.8 Å². The average molecular weight is 495 g/mol. The molecule has 0 radical (unpaired) electrons. The molecule has 1 atom stereocenters. The van der Waals surface area contributed by atoms with Gasteiger partial charge in [0.1, 0.15) is 30.2 Å². The lowest BCUT2D eigenvalue weighted by Crippen LogP contribution is -3.16. The van der Waals surface area contributed by atoms with Crippen LogP contribution in [0.5, 0.6) is 0 Å². The first-order valence-electron chi connectivity index (χ1n) is 10.5. The summed E-state index contributed by atoms with van der Waals surface area (Å²) >= 11 is 0. The van der Waals surface area contributed by atoms with Gasteiger partial charge in [-0.1, -0.05) is 47.5 Å². The lowest BCUT2D eigenvalue weighted by Gasteiger charge is -2.29. The summed E-state index contributed by atoms with van der Waals surface area (Å²) in [5.41, 5.74) is 0.391. The molecule has 0 bridgehead atoms. The molecule has 0 amide bonds. The van der Waals surface area contributed by atoms with Crippen LogP contribution in [0.1, 0.15) is 24.0 Å². The summed E-state index contributed by atoms with van der Waals surface area (Å²) in [6, 6.07) is 12.5. The third-order valence-corrected chi connectivity index (χ3v) is 8.54. The summed E-state index contributed by atoms with van der Waals surface area (Å²) in [6.45, 7) is 10.2. The monoisotopic (exact) mass is 494 g/mol. The van der Waals surface area contributed by atoms with Crippen molar-refractivity contribution in [1.82, 2.24) is 0 Å². The highest BCUT2D eigenvalue weighted by atomic mass is 32.2. The Kier molecular flexibility index (Phi) is 9.16. The molecule has 9 heteroatoms. The number of benzene rings is 2. The number of quaternary nitrogens is 1. The zero-order valence-electron chi connectivity index (χ0n) is 19.0. The van der Waals surface area contributed by atoms with Gasteiger partial charge in [-0.3, -0.25) is 4.18 Å². The molecule has 2 aromatic rings. The zero-order valence-corrected chi connectivity index (χ0v) is 20.7. The quantitative estimate of drug-likeness (QED) is 0.327. The SMILES string of the molecule is C=CCC(O)(CC=C)C[NH+](CCOS(=O)(=O)c1ccc(C)cc1)S(=O)(=O)c1ccc(C)cc1. The van der Waals surface area contributed by atoms with E-state index in [0.717, 1.165) is 11.1 Å². The molecule has 0 spiro atoms. The molecule has 0 aliphatic heterocycles. The number of aryl methyl sites for hydroxylation is 2. The minimum atomic E-state index is -4.06. The molecule has 33 heavy (non-hydrogen) atoms. The van der Waals surface area contributed by atoms with Gasteiger partial charge in [0.25, 0.3) is 10.1 Å². The van der Waals surface area contributed by atoms with Gasteiger partial charge < -0.3 is 5.11 Å². The summed E-state index contributed by atoms with van der Waals surface area (Å²) in [5, 5.41) is 11.0. The molecular weight excluding hydrogens is 462 g/mol. The lowest BCUT2D eigenvalue weighted by molar-refractivity contribution is -0.777. The Bertz CT molecular complexity index is 1140. The normalized spacial score (nSPS) is 13.4. The second-order valence-electron chi connectivity index (χ2n) is 8.08. The predicted octanol–water partition coefficient (Wildman–Crippen LogP) is 2.17. The van der Waals surface area contributed by atoms with Crippen molar-refractivity contribution in [2.75, 3.05) is 19.7 Å². The molecule has 1 unspecified atom stereocenters. The molecule has 7 nitrogen and oxygen atoms in total. The zero-order chi connectivity index (χ0) is 24.7. The van der Waals surface area contributed by atoms with Gasteiger partial charge in [-0.05, 0) is 51.0 Å². The standard InChI is InChI=1S/C24H31NO6S2/c1-5-15-24(26,16-6-2)19-25(32(27,28)22-11-7-20(3)8-12-22)17-18-31-33(29,30)23-13-9-21(4)10-14-23/h5-14,26H,1-2,15-19H2,3-4H3/p+1. The van der Waals surface area contributed by atoms with Crippen molar-refractivity contribution in [1.29, 1.82) is 0 Å². The fourth-order valence-electron chi connectivity index (χ4n) is 3.37. The number of hydrogen-bond acceptors (Lipinski definition) is 6. The number of sulfonamides is 1. The smallest absolute Gasteiger partial charge is 0.325 e. The van der Waals surface area contributed by atoms with Gasteiger partial charge in [0.2, 0.25) is 0 Å². The Hall–Kier alpha value is -2.30. The molecule has 0 aliphatic carbocycles. The fourth-order valence-corrected chi connectivity index (χ4v) is 5.92. The maximum atomic E-state index is 13.4. The van der Waals surface area contributed by atoms with Gasteiger partial charge in [0, 0.05) is 0 Å². The van der Waals surface area contributed by atoms with Gasteiger partial charge in [-0.25, -0.2) is 4.31 Å². The minimum Gasteiger partial charge on any atom is -0.383 e. The van der Waals surface area contributed by atoms with Gasteiger partial charge in [0.05, 0.1) is 4.90 Å². The Morgan fingerprint density at radius 2 is 1.33 bits per heavy atom. The summed E-state index contributed by atoms with van der Waals surface area (Å²) in [7, 11) is -8.02. The Morgan fingerprint density at radius 1 is 0.879 bits per heavy atom. The van der Waals surface area contributed by atoms with Crippen LogP contribution in [0.4, 0.5) is 0 Å². The van der Waals surface area contributed by atoms with Gasteiger partial charge in [0.15, 0.2) is 0 Å². The van der Waals surface area contributed by atoms with Crippen LogP contribution in [0.2, 0.25) is 0 Å². The van der Waals surface area contributed by atoms with E-state index >= 15 is 0 Å². The molecule has 2 aromatic carbocycles. The van der Waals surface area contributed by atoms with Crippen LogP contribution in [-0.4, -0.2) is 47.2 Å². The first-order chi connectivity index (χ1) is 15.4. The predicted molar refractivity (Wildman–Crippen MR) is 128 cm³/mol. The van der Waals surface area contributed by atoms with Crippen LogP contribution in [0.25, 0.3) is 0 Å². The van der Waals surface area contributed by atoms with E-state index in [1.807, 2.05) is 13.8 Å². The van der Waals surface area contributed by atoms with E-state index in [1.165, 1.54) is 36.4 Å². The molecule has 180 valence electrons. The molecule has 0 fully saturated rings. The first-order valence-corrected chi connectivity index (χ1v) is 13.4. The summed E-state index contributed by atoms with van der Waals surface area (Å²) in [4.78, 5) is 0.0647. The van der Waals surface area contributed by atoms with Crippen LogP contribution in [-0.2, 0) is 24.3 Å². The average Bonchev–Trinajstić information content (AvgIpc) is 2.74. The van der Waals surface area contributed by atoms with E-state index in [4.69, 9.17) is 4.18 Å². The third-order valence-electron chi connectivity index (χ3n) is 5.22. The highest BCUT2D eigenvalue weighted by molar-refractivity contribution is 7.86. The van der Waals surface area contributed by atoms with E-state index in [0.29, 0.717) is 0 Å². The number of aliphatic hydroxyl groups is 1. The van der Waals surface area contributed by atoms with E-state index in [9.17, 15) is 21.9 Å². The topological polar surface area (TPSA) is 102 Å². The largest absolute Gasteiger partial charge is 0.383 e. The highest BCUT2D eigenvalue weighted by Crippen LogP contribution is 2.16. The second kappa shape index (κ2) is 11.2. The van der Waals surface area contributed by atoms with Crippen molar-refractivity contribution in [3.63, 3.8) is 0 Å². The number of hydrogen-bond donors (Lipinski definition) is 2. The lowest BCUT2D eigenvalue weighted by atomic mass is 9.95. The van der Waals surface area contributed by atoms with Crippen LogP contribution in [0, 0.1) is 13.8 Å². The van der Waals surface area contributed by atoms with Gasteiger partial charge in [-0.15, -0.1) is 13.2 Å². The van der Waals surface area contributed by atoms with Crippen LogP contribution in [0.3, 0.4) is 0 Å². The van der Waals surface area contributed by atoms with E-state index < -0.39 is 25.7 Å². The van der Waals surface area contributed by atoms with Crippen LogP contribution in [0.15, 0.2) is 83.6 Å². The van der Waals surface area contributed by atoms with Crippen molar-refractivity contribution >= 4 is 20.1 Å². The second-order valence-corrected chi connectivity index (χ2v) is 11.8. The first kappa shape index (κ1) is 26.9. The molecule has 0 aromatic heterocycles. The minimum absolute atomic E-state index is 0.00846.